The van der Waals surface area contributed by atoms with Crippen molar-refractivity contribution < 1.29 is 4.74 Å². The Kier molecular flexibility index (Phi) is 3.40. The molecular weight excluding hydrogens is 266 g/mol. The number of nitrogens with one attached hydrogen (secondary N) is 1. The van der Waals surface area contributed by atoms with Gasteiger partial charge in [0.2, 0.25) is 0 Å². The zero-order valence-electron chi connectivity index (χ0n) is 11.9. The molecule has 0 saturated carbocycles. The van der Waals surface area contributed by atoms with Crippen molar-refractivity contribution in [1.82, 2.24) is 25.1 Å². The molecule has 0 radical (unpaired) electrons. The number of rotatable bonds is 2. The molecule has 4 rings (SSSR count). The average Bonchev–Trinajstić information content (AvgIpc) is 3.00. The molecule has 6 nitrogen and oxygen atoms in total. The Hall–Kier alpha value is -1.79. The number of fused-ring (bicyclic) bond motifs is 1. The SMILES string of the molecule is c1cc(C2NCCn3c(C4CCCOC4)nnc32)ccn1. The van der Waals surface area contributed by atoms with Gasteiger partial charge < -0.3 is 14.6 Å². The number of nitrogens with zero attached hydrogens (tertiary/aromatic N) is 4. The fraction of sp³-hybridized carbons (Fsp3) is 0.533. The van der Waals surface area contributed by atoms with E-state index >= 15 is 0 Å². The first kappa shape index (κ1) is 12.9. The van der Waals surface area contributed by atoms with Crippen molar-refractivity contribution in [3.05, 3.63) is 41.7 Å². The molecule has 0 aliphatic carbocycles. The zero-order valence-corrected chi connectivity index (χ0v) is 11.9. The van der Waals surface area contributed by atoms with Gasteiger partial charge in [-0.25, -0.2) is 0 Å². The quantitative estimate of drug-likeness (QED) is 0.900. The van der Waals surface area contributed by atoms with E-state index in [0.29, 0.717) is 5.92 Å². The van der Waals surface area contributed by atoms with E-state index in [0.717, 1.165) is 50.8 Å². The largest absolute Gasteiger partial charge is 0.381 e. The van der Waals surface area contributed by atoms with Crippen LogP contribution in [-0.2, 0) is 11.3 Å². The Morgan fingerprint density at radius 3 is 2.86 bits per heavy atom. The monoisotopic (exact) mass is 285 g/mol. The maximum Gasteiger partial charge on any atom is 0.154 e. The molecule has 1 saturated heterocycles. The van der Waals surface area contributed by atoms with Crippen LogP contribution in [0.2, 0.25) is 0 Å². The molecule has 2 aromatic rings. The number of aromatic nitrogens is 4. The third-order valence-electron chi connectivity index (χ3n) is 4.31. The lowest BCUT2D eigenvalue weighted by atomic mass is 10.0. The van der Waals surface area contributed by atoms with Crippen molar-refractivity contribution in [1.29, 1.82) is 0 Å². The molecule has 0 aromatic carbocycles. The second kappa shape index (κ2) is 5.54. The van der Waals surface area contributed by atoms with Gasteiger partial charge in [-0.2, -0.15) is 0 Å². The smallest absolute Gasteiger partial charge is 0.154 e. The van der Waals surface area contributed by atoms with E-state index in [1.165, 1.54) is 5.56 Å². The van der Waals surface area contributed by atoms with Crippen LogP contribution in [0.15, 0.2) is 24.5 Å². The second-order valence-corrected chi connectivity index (χ2v) is 5.65. The highest BCUT2D eigenvalue weighted by Crippen LogP contribution is 2.29. The van der Waals surface area contributed by atoms with Gasteiger partial charge in [0.05, 0.1) is 12.6 Å². The predicted octanol–water partition coefficient (Wildman–Crippen LogP) is 1.26. The van der Waals surface area contributed by atoms with Gasteiger partial charge >= 0.3 is 0 Å². The molecule has 2 aliphatic heterocycles. The minimum absolute atomic E-state index is 0.104. The molecule has 21 heavy (non-hydrogen) atoms. The Labute approximate surface area is 123 Å². The summed E-state index contributed by atoms with van der Waals surface area (Å²) in [7, 11) is 0. The van der Waals surface area contributed by atoms with E-state index in [-0.39, 0.29) is 6.04 Å². The van der Waals surface area contributed by atoms with Crippen molar-refractivity contribution in [3.8, 4) is 0 Å². The minimum Gasteiger partial charge on any atom is -0.381 e. The van der Waals surface area contributed by atoms with Gasteiger partial charge in [-0.05, 0) is 30.5 Å². The second-order valence-electron chi connectivity index (χ2n) is 5.65. The van der Waals surface area contributed by atoms with Crippen LogP contribution in [0.1, 0.15) is 42.0 Å². The lowest BCUT2D eigenvalue weighted by Crippen LogP contribution is -2.35. The van der Waals surface area contributed by atoms with E-state index in [1.54, 1.807) is 0 Å². The summed E-state index contributed by atoms with van der Waals surface area (Å²) in [6.45, 7) is 3.50. The van der Waals surface area contributed by atoms with E-state index in [1.807, 2.05) is 24.5 Å². The van der Waals surface area contributed by atoms with Gasteiger partial charge in [-0.1, -0.05) is 0 Å². The first-order valence-corrected chi connectivity index (χ1v) is 7.57. The summed E-state index contributed by atoms with van der Waals surface area (Å²) < 4.78 is 7.88. The number of ether oxygens (including phenoxy) is 1. The molecule has 0 bridgehead atoms. The zero-order chi connectivity index (χ0) is 14.1. The molecule has 0 amide bonds. The Balaban J connectivity index is 1.68. The standard InChI is InChI=1S/C15H19N5O/c1-2-12(10-21-9-1)14-18-19-15-13(17-7-8-20(14)15)11-3-5-16-6-4-11/h3-6,12-13,17H,1-2,7-10H2. The molecule has 0 spiro atoms. The maximum atomic E-state index is 5.60. The van der Waals surface area contributed by atoms with Crippen molar-refractivity contribution in [2.45, 2.75) is 31.3 Å². The number of pyridine rings is 1. The molecule has 1 N–H and O–H groups in total. The van der Waals surface area contributed by atoms with Gasteiger partial charge in [0.25, 0.3) is 0 Å². The van der Waals surface area contributed by atoms with E-state index < -0.39 is 0 Å². The predicted molar refractivity (Wildman–Crippen MR) is 76.9 cm³/mol. The van der Waals surface area contributed by atoms with Crippen molar-refractivity contribution >= 4 is 0 Å². The topological polar surface area (TPSA) is 64.9 Å². The molecule has 2 aliphatic rings. The van der Waals surface area contributed by atoms with Crippen LogP contribution in [0.3, 0.4) is 0 Å². The average molecular weight is 285 g/mol. The summed E-state index contributed by atoms with van der Waals surface area (Å²) in [5.41, 5.74) is 1.18. The summed E-state index contributed by atoms with van der Waals surface area (Å²) in [4.78, 5) is 4.09. The van der Waals surface area contributed by atoms with E-state index in [9.17, 15) is 0 Å². The summed E-state index contributed by atoms with van der Waals surface area (Å²) in [6, 6.07) is 4.17. The fourth-order valence-corrected chi connectivity index (χ4v) is 3.25. The minimum atomic E-state index is 0.104. The highest BCUT2D eigenvalue weighted by Gasteiger charge is 2.29. The van der Waals surface area contributed by atoms with Gasteiger partial charge in [-0.3, -0.25) is 4.98 Å². The molecule has 2 atom stereocenters. The van der Waals surface area contributed by atoms with Crippen LogP contribution < -0.4 is 5.32 Å². The maximum absolute atomic E-state index is 5.60. The molecule has 6 heteroatoms. The number of hydrogen-bond donors (Lipinski definition) is 1. The summed E-state index contributed by atoms with van der Waals surface area (Å²) in [5.74, 6) is 2.48. The third-order valence-corrected chi connectivity index (χ3v) is 4.31. The molecule has 2 unspecified atom stereocenters. The summed E-state index contributed by atoms with van der Waals surface area (Å²) >= 11 is 0. The van der Waals surface area contributed by atoms with Gasteiger partial charge in [-0.15, -0.1) is 10.2 Å². The van der Waals surface area contributed by atoms with E-state index in [2.05, 4.69) is 25.1 Å². The summed E-state index contributed by atoms with van der Waals surface area (Å²) in [6.07, 6.45) is 5.90. The van der Waals surface area contributed by atoms with Crippen molar-refractivity contribution in [3.63, 3.8) is 0 Å². The van der Waals surface area contributed by atoms with Crippen molar-refractivity contribution in [2.24, 2.45) is 0 Å². The Morgan fingerprint density at radius 1 is 1.19 bits per heavy atom. The first-order chi connectivity index (χ1) is 10.4. The van der Waals surface area contributed by atoms with Gasteiger partial charge in [0, 0.05) is 38.0 Å². The van der Waals surface area contributed by atoms with Crippen LogP contribution in [0.25, 0.3) is 0 Å². The molecule has 4 heterocycles. The van der Waals surface area contributed by atoms with Gasteiger partial charge in [0.15, 0.2) is 5.82 Å². The molecule has 2 aromatic heterocycles. The van der Waals surface area contributed by atoms with Crippen molar-refractivity contribution in [2.75, 3.05) is 19.8 Å². The Morgan fingerprint density at radius 2 is 2.05 bits per heavy atom. The van der Waals surface area contributed by atoms with Crippen LogP contribution in [-0.4, -0.2) is 39.5 Å². The third kappa shape index (κ3) is 2.34. The van der Waals surface area contributed by atoms with Crippen LogP contribution in [0, 0.1) is 0 Å². The van der Waals surface area contributed by atoms with Crippen LogP contribution in [0.5, 0.6) is 0 Å². The lowest BCUT2D eigenvalue weighted by molar-refractivity contribution is 0.0767. The molecule has 110 valence electrons. The Bertz CT molecular complexity index is 606. The molecule has 1 fully saturated rings. The highest BCUT2D eigenvalue weighted by molar-refractivity contribution is 5.24. The lowest BCUT2D eigenvalue weighted by Gasteiger charge is -2.28. The summed E-state index contributed by atoms with van der Waals surface area (Å²) in [5, 5.41) is 12.5. The molecular formula is C15H19N5O. The van der Waals surface area contributed by atoms with E-state index in [4.69, 9.17) is 4.74 Å². The van der Waals surface area contributed by atoms with Gasteiger partial charge in [0.1, 0.15) is 5.82 Å². The number of hydrogen-bond acceptors (Lipinski definition) is 5. The normalized spacial score (nSPS) is 25.5. The van der Waals surface area contributed by atoms with Crippen LogP contribution >= 0.6 is 0 Å². The fourth-order valence-electron chi connectivity index (χ4n) is 3.25. The first-order valence-electron chi connectivity index (χ1n) is 7.57. The van der Waals surface area contributed by atoms with Crippen LogP contribution in [0.4, 0.5) is 0 Å². The highest BCUT2D eigenvalue weighted by atomic mass is 16.5.